The number of carbonyl (C=O) groups is 1. The van der Waals surface area contributed by atoms with E-state index in [9.17, 15) is 4.79 Å². The lowest BCUT2D eigenvalue weighted by Gasteiger charge is -2.09. The molecule has 9 heteroatoms. The molecule has 144 valence electrons. The Bertz CT molecular complexity index is 1010. The van der Waals surface area contributed by atoms with Crippen LogP contribution in [0.15, 0.2) is 47.6 Å². The topological polar surface area (TPSA) is 78.3 Å². The number of fused-ring (bicyclic) bond motifs is 1. The minimum atomic E-state index is -0.197. The number of ether oxygens (including phenoxy) is 2. The number of halogens is 1. The molecule has 1 aliphatic heterocycles. The van der Waals surface area contributed by atoms with Crippen molar-refractivity contribution in [3.63, 3.8) is 0 Å². The Kier molecular flexibility index (Phi) is 5.40. The van der Waals surface area contributed by atoms with Crippen molar-refractivity contribution in [2.24, 2.45) is 0 Å². The second kappa shape index (κ2) is 8.12. The van der Waals surface area contributed by atoms with Crippen molar-refractivity contribution < 1.29 is 14.3 Å². The van der Waals surface area contributed by atoms with Gasteiger partial charge in [-0.05, 0) is 6.92 Å². The first kappa shape index (κ1) is 18.6. The van der Waals surface area contributed by atoms with E-state index in [1.165, 1.54) is 11.8 Å². The molecule has 1 amide bonds. The Hall–Kier alpha value is -2.71. The van der Waals surface area contributed by atoms with Crippen molar-refractivity contribution in [1.29, 1.82) is 0 Å². The minimum absolute atomic E-state index is 0.148. The fourth-order valence-electron chi connectivity index (χ4n) is 2.81. The van der Waals surface area contributed by atoms with E-state index in [2.05, 4.69) is 15.5 Å². The van der Waals surface area contributed by atoms with Crippen LogP contribution in [0.3, 0.4) is 0 Å². The van der Waals surface area contributed by atoms with Gasteiger partial charge in [0.05, 0.1) is 16.5 Å². The van der Waals surface area contributed by atoms with Crippen LogP contribution in [0.25, 0.3) is 11.4 Å². The lowest BCUT2D eigenvalue weighted by atomic mass is 10.2. The number of nitrogens with one attached hydrogen (secondary N) is 1. The average molecular weight is 417 g/mol. The first-order valence-corrected chi connectivity index (χ1v) is 10.0. The first-order chi connectivity index (χ1) is 13.7. The predicted molar refractivity (Wildman–Crippen MR) is 108 cm³/mol. The maximum atomic E-state index is 12.4. The molecule has 0 spiro atoms. The second-order valence-electron chi connectivity index (χ2n) is 5.94. The number of benzene rings is 2. The third-order valence-electron chi connectivity index (χ3n) is 4.13. The van der Waals surface area contributed by atoms with Crippen molar-refractivity contribution in [2.75, 3.05) is 17.9 Å². The molecule has 1 aliphatic rings. The maximum Gasteiger partial charge on any atom is 0.234 e. The van der Waals surface area contributed by atoms with Gasteiger partial charge in [0, 0.05) is 24.2 Å². The lowest BCUT2D eigenvalue weighted by molar-refractivity contribution is -0.113. The van der Waals surface area contributed by atoms with Gasteiger partial charge in [0.15, 0.2) is 22.5 Å². The fraction of sp³-hybridized carbons (Fsp3) is 0.211. The third kappa shape index (κ3) is 3.79. The molecule has 0 unspecified atom stereocenters. The molecule has 0 fully saturated rings. The van der Waals surface area contributed by atoms with E-state index in [0.717, 1.165) is 11.4 Å². The summed E-state index contributed by atoms with van der Waals surface area (Å²) in [6.45, 7) is 2.87. The Morgan fingerprint density at radius 2 is 1.96 bits per heavy atom. The molecule has 1 aromatic heterocycles. The summed E-state index contributed by atoms with van der Waals surface area (Å²) in [4.78, 5) is 12.4. The molecule has 4 rings (SSSR count). The van der Waals surface area contributed by atoms with E-state index in [1.807, 2.05) is 41.8 Å². The van der Waals surface area contributed by atoms with Crippen LogP contribution in [0.1, 0.15) is 6.92 Å². The zero-order valence-corrected chi connectivity index (χ0v) is 16.6. The van der Waals surface area contributed by atoms with Gasteiger partial charge < -0.3 is 19.4 Å². The molecule has 28 heavy (non-hydrogen) atoms. The van der Waals surface area contributed by atoms with Crippen LogP contribution in [-0.4, -0.2) is 33.2 Å². The normalized spacial score (nSPS) is 12.2. The average Bonchev–Trinajstić information content (AvgIpc) is 3.33. The summed E-state index contributed by atoms with van der Waals surface area (Å²) in [7, 11) is 0. The number of hydrogen-bond acceptors (Lipinski definition) is 6. The lowest BCUT2D eigenvalue weighted by Crippen LogP contribution is -2.15. The number of amides is 1. The van der Waals surface area contributed by atoms with Crippen molar-refractivity contribution in [3.05, 3.63) is 47.5 Å². The Balaban J connectivity index is 1.44. The molecule has 2 heterocycles. The van der Waals surface area contributed by atoms with Gasteiger partial charge in [-0.25, -0.2) is 0 Å². The van der Waals surface area contributed by atoms with Crippen molar-refractivity contribution in [2.45, 2.75) is 18.6 Å². The van der Waals surface area contributed by atoms with Crippen LogP contribution in [-0.2, 0) is 11.3 Å². The summed E-state index contributed by atoms with van der Waals surface area (Å²) in [5.74, 6) is 1.90. The van der Waals surface area contributed by atoms with Crippen molar-refractivity contribution in [1.82, 2.24) is 14.8 Å². The molecule has 0 radical (unpaired) electrons. The van der Waals surface area contributed by atoms with Gasteiger partial charge in [-0.15, -0.1) is 10.2 Å². The summed E-state index contributed by atoms with van der Waals surface area (Å²) in [5.41, 5.74) is 1.47. The van der Waals surface area contributed by atoms with Gasteiger partial charge in [-0.2, -0.15) is 0 Å². The summed E-state index contributed by atoms with van der Waals surface area (Å²) >= 11 is 7.53. The van der Waals surface area contributed by atoms with E-state index in [4.69, 9.17) is 21.1 Å². The zero-order valence-electron chi connectivity index (χ0n) is 15.0. The van der Waals surface area contributed by atoms with Gasteiger partial charge >= 0.3 is 0 Å². The number of thioether (sulfide) groups is 1. The Morgan fingerprint density at radius 1 is 1.21 bits per heavy atom. The monoisotopic (exact) mass is 416 g/mol. The van der Waals surface area contributed by atoms with Gasteiger partial charge in [0.2, 0.25) is 12.7 Å². The predicted octanol–water partition coefficient (Wildman–Crippen LogP) is 4.08. The highest BCUT2D eigenvalue weighted by Gasteiger charge is 2.19. The highest BCUT2D eigenvalue weighted by molar-refractivity contribution is 7.99. The minimum Gasteiger partial charge on any atom is -0.454 e. The van der Waals surface area contributed by atoms with Gasteiger partial charge in [-0.3, -0.25) is 4.79 Å². The summed E-state index contributed by atoms with van der Waals surface area (Å²) in [6.07, 6.45) is 0. The molecule has 7 nitrogen and oxygen atoms in total. The number of rotatable bonds is 6. The van der Waals surface area contributed by atoms with Crippen LogP contribution in [0, 0.1) is 0 Å². The first-order valence-electron chi connectivity index (χ1n) is 8.66. The molecule has 0 saturated carbocycles. The van der Waals surface area contributed by atoms with E-state index in [0.29, 0.717) is 33.9 Å². The highest BCUT2D eigenvalue weighted by Crippen LogP contribution is 2.39. The van der Waals surface area contributed by atoms with Gasteiger partial charge in [-0.1, -0.05) is 53.7 Å². The SMILES string of the molecule is CCn1c(SCC(=O)Nc2cc3c(cc2Cl)OCO3)nnc1-c1ccccc1. The fourth-order valence-corrected chi connectivity index (χ4v) is 3.81. The molecule has 1 N–H and O–H groups in total. The molecule has 0 bridgehead atoms. The van der Waals surface area contributed by atoms with Crippen LogP contribution in [0.4, 0.5) is 5.69 Å². The van der Waals surface area contributed by atoms with Crippen molar-refractivity contribution >= 4 is 35.0 Å². The van der Waals surface area contributed by atoms with E-state index < -0.39 is 0 Å². The summed E-state index contributed by atoms with van der Waals surface area (Å²) in [5, 5.41) is 12.4. The number of nitrogens with zero attached hydrogens (tertiary/aromatic N) is 3. The van der Waals surface area contributed by atoms with E-state index in [-0.39, 0.29) is 18.5 Å². The zero-order chi connectivity index (χ0) is 19.5. The molecule has 0 atom stereocenters. The number of carbonyl (C=O) groups excluding carboxylic acids is 1. The summed E-state index contributed by atoms with van der Waals surface area (Å²) < 4.78 is 12.6. The highest BCUT2D eigenvalue weighted by atomic mass is 35.5. The van der Waals surface area contributed by atoms with E-state index in [1.54, 1.807) is 12.1 Å². The molecular formula is C19H17ClN4O3S. The Morgan fingerprint density at radius 3 is 2.71 bits per heavy atom. The molecule has 3 aromatic rings. The van der Waals surface area contributed by atoms with Gasteiger partial charge in [0.1, 0.15) is 0 Å². The number of hydrogen-bond donors (Lipinski definition) is 1. The summed E-state index contributed by atoms with van der Waals surface area (Å²) in [6, 6.07) is 13.1. The molecule has 0 saturated heterocycles. The van der Waals surface area contributed by atoms with Crippen LogP contribution in [0.2, 0.25) is 5.02 Å². The van der Waals surface area contributed by atoms with Crippen LogP contribution < -0.4 is 14.8 Å². The van der Waals surface area contributed by atoms with E-state index >= 15 is 0 Å². The quantitative estimate of drug-likeness (QED) is 0.610. The molecule has 2 aromatic carbocycles. The smallest absolute Gasteiger partial charge is 0.234 e. The second-order valence-corrected chi connectivity index (χ2v) is 7.29. The van der Waals surface area contributed by atoms with Crippen LogP contribution in [0.5, 0.6) is 11.5 Å². The molecule has 0 aliphatic carbocycles. The number of aromatic nitrogens is 3. The van der Waals surface area contributed by atoms with Crippen LogP contribution >= 0.6 is 23.4 Å². The Labute approximate surface area is 171 Å². The number of anilines is 1. The van der Waals surface area contributed by atoms with Gasteiger partial charge in [0.25, 0.3) is 0 Å². The largest absolute Gasteiger partial charge is 0.454 e. The molecular weight excluding hydrogens is 400 g/mol. The third-order valence-corrected chi connectivity index (χ3v) is 5.41. The maximum absolute atomic E-state index is 12.4. The standard InChI is InChI=1S/C19H17ClN4O3S/c1-2-24-18(12-6-4-3-5-7-12)22-23-19(24)28-10-17(25)21-14-9-16-15(8-13(14)20)26-11-27-16/h3-9H,2,10-11H2,1H3,(H,21,25). The van der Waals surface area contributed by atoms with Crippen molar-refractivity contribution in [3.8, 4) is 22.9 Å².